The van der Waals surface area contributed by atoms with E-state index < -0.39 is 0 Å². The van der Waals surface area contributed by atoms with E-state index in [1.807, 2.05) is 12.3 Å². The topological polar surface area (TPSA) is 38.9 Å². The van der Waals surface area contributed by atoms with Gasteiger partial charge < -0.3 is 5.73 Å². The molecule has 0 amide bonds. The molecule has 0 unspecified atom stereocenters. The third-order valence-corrected chi connectivity index (χ3v) is 3.70. The van der Waals surface area contributed by atoms with Gasteiger partial charge in [-0.2, -0.15) is 0 Å². The van der Waals surface area contributed by atoms with Crippen LogP contribution in [0.25, 0.3) is 10.2 Å². The van der Waals surface area contributed by atoms with Gasteiger partial charge >= 0.3 is 0 Å². The highest BCUT2D eigenvalue weighted by Crippen LogP contribution is 2.34. The number of thioether (sulfide) groups is 1. The second kappa shape index (κ2) is 3.48. The predicted octanol–water partition coefficient (Wildman–Crippen LogP) is 3.36. The molecular weight excluding hydrogens is 268 g/mol. The van der Waals surface area contributed by atoms with E-state index in [9.17, 15) is 0 Å². The number of halogens is 1. The molecule has 1 aromatic heterocycles. The lowest BCUT2D eigenvalue weighted by atomic mass is 10.3. The molecule has 2 N–H and O–H groups in total. The van der Waals surface area contributed by atoms with Gasteiger partial charge in [0.15, 0.2) is 5.13 Å². The number of hydrogen-bond acceptors (Lipinski definition) is 4. The molecule has 5 heteroatoms. The summed E-state index contributed by atoms with van der Waals surface area (Å²) >= 11 is 6.66. The number of hydrogen-bond donors (Lipinski definition) is 1. The fraction of sp³-hybridized carbons (Fsp3) is 0.125. The van der Waals surface area contributed by atoms with Crippen molar-refractivity contribution in [2.45, 2.75) is 4.90 Å². The number of nitrogens with two attached hydrogens (primary N) is 1. The zero-order valence-corrected chi connectivity index (χ0v) is 10.1. The van der Waals surface area contributed by atoms with Gasteiger partial charge in [0.2, 0.25) is 0 Å². The maximum absolute atomic E-state index is 5.65. The number of anilines is 1. The van der Waals surface area contributed by atoms with Gasteiger partial charge in [-0.05, 0) is 18.4 Å². The minimum absolute atomic E-state index is 0.628. The first-order chi connectivity index (χ1) is 6.20. The Morgan fingerprint density at radius 3 is 3.00 bits per heavy atom. The Kier molecular flexibility index (Phi) is 2.49. The maximum atomic E-state index is 5.65. The van der Waals surface area contributed by atoms with Crippen molar-refractivity contribution in [3.05, 3.63) is 16.6 Å². The second-order valence-electron chi connectivity index (χ2n) is 2.51. The van der Waals surface area contributed by atoms with Gasteiger partial charge in [-0.3, -0.25) is 0 Å². The Balaban J connectivity index is 2.80. The normalized spacial score (nSPS) is 10.9. The monoisotopic (exact) mass is 274 g/mol. The largest absolute Gasteiger partial charge is 0.375 e. The first-order valence-corrected chi connectivity index (χ1v) is 6.43. The molecule has 0 fully saturated rings. The Bertz CT molecular complexity index is 453. The molecule has 0 spiro atoms. The van der Waals surface area contributed by atoms with E-state index >= 15 is 0 Å². The molecule has 1 heterocycles. The first-order valence-electron chi connectivity index (χ1n) is 3.60. The predicted molar refractivity (Wildman–Crippen MR) is 63.5 cm³/mol. The van der Waals surface area contributed by atoms with E-state index in [-0.39, 0.29) is 0 Å². The summed E-state index contributed by atoms with van der Waals surface area (Å²) in [6.07, 6.45) is 2.04. The van der Waals surface area contributed by atoms with Crippen LogP contribution in [0, 0.1) is 0 Å². The van der Waals surface area contributed by atoms with Crippen molar-refractivity contribution >= 4 is 54.4 Å². The van der Waals surface area contributed by atoms with E-state index in [4.69, 9.17) is 5.73 Å². The summed E-state index contributed by atoms with van der Waals surface area (Å²) < 4.78 is 2.21. The number of nitrogens with zero attached hydrogens (tertiary/aromatic N) is 1. The third-order valence-electron chi connectivity index (χ3n) is 1.66. The molecular formula is C8H7BrN2S2. The van der Waals surface area contributed by atoms with Crippen LogP contribution >= 0.6 is 39.0 Å². The molecule has 0 aliphatic rings. The number of fused-ring (bicyclic) bond motifs is 1. The lowest BCUT2D eigenvalue weighted by molar-refractivity contribution is 1.41. The quantitative estimate of drug-likeness (QED) is 0.811. The Labute approximate surface area is 92.7 Å². The smallest absolute Gasteiger partial charge is 0.181 e. The van der Waals surface area contributed by atoms with Crippen LogP contribution in [0.2, 0.25) is 0 Å². The summed E-state index contributed by atoms with van der Waals surface area (Å²) in [6.45, 7) is 0. The van der Waals surface area contributed by atoms with Crippen LogP contribution in [0.15, 0.2) is 21.5 Å². The molecule has 1 aromatic carbocycles. The zero-order valence-electron chi connectivity index (χ0n) is 6.87. The summed E-state index contributed by atoms with van der Waals surface area (Å²) in [5.41, 5.74) is 6.66. The summed E-state index contributed by atoms with van der Waals surface area (Å²) in [7, 11) is 0. The third kappa shape index (κ3) is 1.68. The number of benzene rings is 1. The number of thiazole rings is 1. The van der Waals surface area contributed by atoms with Crippen molar-refractivity contribution in [2.24, 2.45) is 0 Å². The molecule has 0 saturated carbocycles. The van der Waals surface area contributed by atoms with E-state index in [1.54, 1.807) is 11.8 Å². The van der Waals surface area contributed by atoms with Crippen molar-refractivity contribution < 1.29 is 0 Å². The molecule has 0 bridgehead atoms. The van der Waals surface area contributed by atoms with E-state index in [0.717, 1.165) is 19.6 Å². The maximum Gasteiger partial charge on any atom is 0.181 e. The van der Waals surface area contributed by atoms with Crippen molar-refractivity contribution in [1.29, 1.82) is 0 Å². The first kappa shape index (κ1) is 9.30. The van der Waals surface area contributed by atoms with E-state index in [1.165, 1.54) is 11.3 Å². The number of nitrogen functional groups attached to an aromatic ring is 1. The van der Waals surface area contributed by atoms with Gasteiger partial charge in [0.05, 0.1) is 10.2 Å². The molecule has 0 radical (unpaired) electrons. The molecule has 68 valence electrons. The number of aromatic nitrogens is 1. The Hall–Kier alpha value is -0.260. The molecule has 0 saturated heterocycles. The molecule has 2 nitrogen and oxygen atoms in total. The van der Waals surface area contributed by atoms with Gasteiger partial charge in [-0.15, -0.1) is 11.8 Å². The van der Waals surface area contributed by atoms with Crippen LogP contribution in [0.1, 0.15) is 0 Å². The minimum Gasteiger partial charge on any atom is -0.375 e. The lowest BCUT2D eigenvalue weighted by Crippen LogP contribution is -1.80. The van der Waals surface area contributed by atoms with Crippen LogP contribution in [0.4, 0.5) is 5.13 Å². The lowest BCUT2D eigenvalue weighted by Gasteiger charge is -1.97. The SMILES string of the molecule is CSc1cc(Br)cc2sc(N)nc12. The van der Waals surface area contributed by atoms with Gasteiger partial charge in [-0.1, -0.05) is 27.3 Å². The highest BCUT2D eigenvalue weighted by molar-refractivity contribution is 9.10. The summed E-state index contributed by atoms with van der Waals surface area (Å²) in [6, 6.07) is 4.11. The summed E-state index contributed by atoms with van der Waals surface area (Å²) in [5.74, 6) is 0. The Morgan fingerprint density at radius 2 is 2.31 bits per heavy atom. The van der Waals surface area contributed by atoms with Crippen LogP contribution < -0.4 is 5.73 Å². The van der Waals surface area contributed by atoms with Crippen LogP contribution in [0.3, 0.4) is 0 Å². The molecule has 0 aliphatic carbocycles. The van der Waals surface area contributed by atoms with Crippen molar-refractivity contribution in [3.63, 3.8) is 0 Å². The number of rotatable bonds is 1. The van der Waals surface area contributed by atoms with E-state index in [0.29, 0.717) is 5.13 Å². The van der Waals surface area contributed by atoms with Crippen molar-refractivity contribution in [1.82, 2.24) is 4.98 Å². The standard InChI is InChI=1S/C8H7BrN2S2/c1-12-5-2-4(9)3-6-7(5)11-8(10)13-6/h2-3H,1H3,(H2,10,11). The molecule has 2 rings (SSSR count). The van der Waals surface area contributed by atoms with E-state index in [2.05, 4.69) is 27.0 Å². The minimum atomic E-state index is 0.628. The molecule has 2 aromatic rings. The molecule has 0 atom stereocenters. The van der Waals surface area contributed by atoms with Gasteiger partial charge in [0.1, 0.15) is 0 Å². The summed E-state index contributed by atoms with van der Waals surface area (Å²) in [4.78, 5) is 5.44. The van der Waals surface area contributed by atoms with Crippen molar-refractivity contribution in [2.75, 3.05) is 12.0 Å². The fourth-order valence-corrected chi connectivity index (χ4v) is 3.36. The summed E-state index contributed by atoms with van der Waals surface area (Å²) in [5, 5.41) is 0.628. The zero-order chi connectivity index (χ0) is 9.42. The Morgan fingerprint density at radius 1 is 1.54 bits per heavy atom. The average Bonchev–Trinajstić information content (AvgIpc) is 2.43. The van der Waals surface area contributed by atoms with Gasteiger partial charge in [0, 0.05) is 9.37 Å². The highest BCUT2D eigenvalue weighted by atomic mass is 79.9. The van der Waals surface area contributed by atoms with Gasteiger partial charge in [-0.25, -0.2) is 4.98 Å². The van der Waals surface area contributed by atoms with Gasteiger partial charge in [0.25, 0.3) is 0 Å². The average molecular weight is 275 g/mol. The van der Waals surface area contributed by atoms with Crippen molar-refractivity contribution in [3.8, 4) is 0 Å². The molecule has 13 heavy (non-hydrogen) atoms. The van der Waals surface area contributed by atoms with Crippen LogP contribution in [-0.2, 0) is 0 Å². The highest BCUT2D eigenvalue weighted by Gasteiger charge is 2.06. The molecule has 0 aliphatic heterocycles. The second-order valence-corrected chi connectivity index (χ2v) is 5.33. The van der Waals surface area contributed by atoms with Crippen LogP contribution in [-0.4, -0.2) is 11.2 Å². The van der Waals surface area contributed by atoms with Crippen LogP contribution in [0.5, 0.6) is 0 Å². The fourth-order valence-electron chi connectivity index (χ4n) is 1.14.